The zero-order chi connectivity index (χ0) is 21.0. The van der Waals surface area contributed by atoms with Gasteiger partial charge in [-0.2, -0.15) is 0 Å². The second-order valence-corrected chi connectivity index (χ2v) is 9.32. The van der Waals surface area contributed by atoms with Crippen LogP contribution >= 0.6 is 0 Å². The van der Waals surface area contributed by atoms with Crippen LogP contribution in [0.25, 0.3) is 10.9 Å². The lowest BCUT2D eigenvalue weighted by atomic mass is 9.90. The zero-order valence-corrected chi connectivity index (χ0v) is 17.6. The Bertz CT molecular complexity index is 963. The Hall–Kier alpha value is -2.41. The molecule has 1 aliphatic carbocycles. The number of H-pyrrole nitrogens is 1. The van der Waals surface area contributed by atoms with Crippen LogP contribution in [0.3, 0.4) is 0 Å². The van der Waals surface area contributed by atoms with Crippen molar-refractivity contribution in [2.45, 2.75) is 57.2 Å². The highest BCUT2D eigenvalue weighted by atomic mass is 19.1. The molecule has 1 aromatic heterocycles. The van der Waals surface area contributed by atoms with E-state index in [9.17, 15) is 14.0 Å². The smallest absolute Gasteiger partial charge is 0.267 e. The standard InChI is InChI=1S/C23H29FN4O2/c1-13-6-7-18(24)17-10-19(26-22(13)17)23(30)25-15-4-3-5-16(9-15)28-11-14-8-21(29)27(2)20(14)12-28/h6-7,10,14-16,20,26H,3-5,8-9,11-12H2,1-2H3,(H,25,30)/t14-,15-,16+,20+/m1/s1. The summed E-state index contributed by atoms with van der Waals surface area (Å²) in [7, 11) is 1.92. The third-order valence-corrected chi connectivity index (χ3v) is 7.45. The van der Waals surface area contributed by atoms with Crippen molar-refractivity contribution in [3.05, 3.63) is 35.3 Å². The molecule has 2 saturated heterocycles. The molecule has 0 spiro atoms. The Morgan fingerprint density at radius 1 is 1.27 bits per heavy atom. The van der Waals surface area contributed by atoms with Gasteiger partial charge in [0, 0.05) is 56.0 Å². The van der Waals surface area contributed by atoms with E-state index >= 15 is 0 Å². The maximum atomic E-state index is 14.1. The molecule has 7 heteroatoms. The number of halogens is 1. The van der Waals surface area contributed by atoms with Gasteiger partial charge in [0.1, 0.15) is 11.5 Å². The van der Waals surface area contributed by atoms with Gasteiger partial charge >= 0.3 is 0 Å². The first-order valence-corrected chi connectivity index (χ1v) is 11.0. The lowest BCUT2D eigenvalue weighted by Crippen LogP contribution is -2.46. The lowest BCUT2D eigenvalue weighted by molar-refractivity contribution is -0.128. The maximum absolute atomic E-state index is 14.1. The summed E-state index contributed by atoms with van der Waals surface area (Å²) < 4.78 is 14.1. The molecule has 1 saturated carbocycles. The van der Waals surface area contributed by atoms with E-state index in [1.165, 1.54) is 6.07 Å². The summed E-state index contributed by atoms with van der Waals surface area (Å²) >= 11 is 0. The quantitative estimate of drug-likeness (QED) is 0.815. The molecule has 160 valence electrons. The first-order valence-electron chi connectivity index (χ1n) is 11.0. The van der Waals surface area contributed by atoms with Gasteiger partial charge in [0.05, 0.1) is 5.52 Å². The molecule has 0 radical (unpaired) electrons. The first-order chi connectivity index (χ1) is 14.4. The molecule has 2 aromatic rings. The third-order valence-electron chi connectivity index (χ3n) is 7.45. The molecule has 2 N–H and O–H groups in total. The number of likely N-dealkylation sites (N-methyl/N-ethyl adjacent to an activating group) is 1. The molecule has 1 aromatic carbocycles. The predicted octanol–water partition coefficient (Wildman–Crippen LogP) is 2.82. The van der Waals surface area contributed by atoms with E-state index in [0.29, 0.717) is 41.0 Å². The number of amides is 2. The van der Waals surface area contributed by atoms with Gasteiger partial charge in [-0.25, -0.2) is 4.39 Å². The lowest BCUT2D eigenvalue weighted by Gasteiger charge is -2.36. The molecule has 2 aliphatic heterocycles. The average molecular weight is 413 g/mol. The Morgan fingerprint density at radius 2 is 2.10 bits per heavy atom. The van der Waals surface area contributed by atoms with Crippen molar-refractivity contribution >= 4 is 22.7 Å². The number of aromatic nitrogens is 1. The van der Waals surface area contributed by atoms with E-state index in [1.807, 2.05) is 18.9 Å². The third kappa shape index (κ3) is 3.29. The van der Waals surface area contributed by atoms with Crippen molar-refractivity contribution in [1.29, 1.82) is 0 Å². The number of carbonyl (C=O) groups excluding carboxylic acids is 2. The van der Waals surface area contributed by atoms with Gasteiger partial charge in [0.15, 0.2) is 0 Å². The number of rotatable bonds is 3. The zero-order valence-electron chi connectivity index (χ0n) is 17.6. The van der Waals surface area contributed by atoms with Crippen molar-refractivity contribution in [3.63, 3.8) is 0 Å². The van der Waals surface area contributed by atoms with E-state index in [1.54, 1.807) is 12.1 Å². The SMILES string of the molecule is Cc1ccc(F)c2cc(C(=O)N[C@@H]3CCC[C@H](N4C[C@H]5CC(=O)N(C)[C@H]5C4)C3)[nH]c12. The molecule has 3 aliphatic rings. The summed E-state index contributed by atoms with van der Waals surface area (Å²) in [5.41, 5.74) is 2.02. The van der Waals surface area contributed by atoms with Crippen LogP contribution < -0.4 is 5.32 Å². The second kappa shape index (κ2) is 7.38. The highest BCUT2D eigenvalue weighted by molar-refractivity contribution is 5.99. The van der Waals surface area contributed by atoms with Crippen LogP contribution in [0.5, 0.6) is 0 Å². The van der Waals surface area contributed by atoms with E-state index in [2.05, 4.69) is 15.2 Å². The van der Waals surface area contributed by atoms with E-state index < -0.39 is 0 Å². The van der Waals surface area contributed by atoms with Crippen molar-refractivity contribution in [1.82, 2.24) is 20.1 Å². The van der Waals surface area contributed by atoms with Gasteiger partial charge in [0.25, 0.3) is 5.91 Å². The summed E-state index contributed by atoms with van der Waals surface area (Å²) in [4.78, 5) is 32.3. The first kappa shape index (κ1) is 19.5. The van der Waals surface area contributed by atoms with Crippen molar-refractivity contribution in [2.24, 2.45) is 5.92 Å². The monoisotopic (exact) mass is 412 g/mol. The number of nitrogens with one attached hydrogen (secondary N) is 2. The predicted molar refractivity (Wildman–Crippen MR) is 113 cm³/mol. The van der Waals surface area contributed by atoms with Crippen LogP contribution in [0.15, 0.2) is 18.2 Å². The van der Waals surface area contributed by atoms with E-state index in [0.717, 1.165) is 44.3 Å². The fourth-order valence-corrected chi connectivity index (χ4v) is 5.71. The molecule has 3 fully saturated rings. The maximum Gasteiger partial charge on any atom is 0.267 e. The number of benzene rings is 1. The summed E-state index contributed by atoms with van der Waals surface area (Å²) in [5, 5.41) is 3.63. The van der Waals surface area contributed by atoms with Gasteiger partial charge < -0.3 is 15.2 Å². The number of carbonyl (C=O) groups is 2. The Balaban J connectivity index is 1.24. The topological polar surface area (TPSA) is 68.4 Å². The number of hydrogen-bond acceptors (Lipinski definition) is 3. The highest BCUT2D eigenvalue weighted by Crippen LogP contribution is 2.35. The number of likely N-dealkylation sites (tertiary alicyclic amines) is 2. The molecule has 0 unspecified atom stereocenters. The molecule has 30 heavy (non-hydrogen) atoms. The number of hydrogen-bond donors (Lipinski definition) is 2. The van der Waals surface area contributed by atoms with Crippen molar-refractivity contribution in [3.8, 4) is 0 Å². The fraction of sp³-hybridized carbons (Fsp3) is 0.565. The fourth-order valence-electron chi connectivity index (χ4n) is 5.71. The molecule has 6 nitrogen and oxygen atoms in total. The molecule has 3 heterocycles. The van der Waals surface area contributed by atoms with Gasteiger partial charge in [0.2, 0.25) is 5.91 Å². The normalized spacial score (nSPS) is 29.6. The van der Waals surface area contributed by atoms with Crippen molar-refractivity contribution < 1.29 is 14.0 Å². The van der Waals surface area contributed by atoms with Gasteiger partial charge in [-0.1, -0.05) is 6.07 Å². The highest BCUT2D eigenvalue weighted by Gasteiger charge is 2.45. The average Bonchev–Trinajstić information content (AvgIpc) is 3.41. The Kier molecular flexibility index (Phi) is 4.81. The van der Waals surface area contributed by atoms with Crippen LogP contribution in [-0.2, 0) is 4.79 Å². The largest absolute Gasteiger partial charge is 0.350 e. The van der Waals surface area contributed by atoms with Gasteiger partial charge in [-0.15, -0.1) is 0 Å². The van der Waals surface area contributed by atoms with E-state index in [4.69, 9.17) is 0 Å². The van der Waals surface area contributed by atoms with Crippen LogP contribution in [0, 0.1) is 18.7 Å². The van der Waals surface area contributed by atoms with Crippen LogP contribution in [0.4, 0.5) is 4.39 Å². The second-order valence-electron chi connectivity index (χ2n) is 9.32. The summed E-state index contributed by atoms with van der Waals surface area (Å²) in [6.45, 7) is 3.83. The molecule has 5 rings (SSSR count). The van der Waals surface area contributed by atoms with Crippen LogP contribution in [-0.4, -0.2) is 64.9 Å². The van der Waals surface area contributed by atoms with Gasteiger partial charge in [-0.3, -0.25) is 14.5 Å². The molecule has 4 atom stereocenters. The molecular formula is C23H29FN4O2. The molecule has 2 amide bonds. The number of aryl methyl sites for hydroxylation is 1. The minimum absolute atomic E-state index is 0.119. The Labute approximate surface area is 175 Å². The molecular weight excluding hydrogens is 383 g/mol. The van der Waals surface area contributed by atoms with Crippen LogP contribution in [0.1, 0.15) is 48.2 Å². The molecule has 0 bridgehead atoms. The Morgan fingerprint density at radius 3 is 2.87 bits per heavy atom. The van der Waals surface area contributed by atoms with E-state index in [-0.39, 0.29) is 23.7 Å². The van der Waals surface area contributed by atoms with Gasteiger partial charge in [-0.05, 0) is 50.3 Å². The van der Waals surface area contributed by atoms with Crippen molar-refractivity contribution in [2.75, 3.05) is 20.1 Å². The number of nitrogens with zero attached hydrogens (tertiary/aromatic N) is 2. The number of fused-ring (bicyclic) bond motifs is 2. The number of aromatic amines is 1. The summed E-state index contributed by atoms with van der Waals surface area (Å²) in [6.07, 6.45) is 4.78. The summed E-state index contributed by atoms with van der Waals surface area (Å²) in [5.74, 6) is 0.233. The summed E-state index contributed by atoms with van der Waals surface area (Å²) in [6, 6.07) is 5.68. The van der Waals surface area contributed by atoms with Crippen LogP contribution in [0.2, 0.25) is 0 Å². The minimum atomic E-state index is -0.313. The minimum Gasteiger partial charge on any atom is -0.350 e.